The van der Waals surface area contributed by atoms with Crippen molar-refractivity contribution in [3.05, 3.63) is 30.1 Å². The lowest BCUT2D eigenvalue weighted by molar-refractivity contribution is -0.148. The number of benzene rings is 1. The van der Waals surface area contributed by atoms with E-state index in [4.69, 9.17) is 5.11 Å². The lowest BCUT2D eigenvalue weighted by atomic mass is 10.3. The summed E-state index contributed by atoms with van der Waals surface area (Å²) >= 11 is 0. The average molecular weight is 294 g/mol. The van der Waals surface area contributed by atoms with Crippen LogP contribution in [0.3, 0.4) is 0 Å². The van der Waals surface area contributed by atoms with Gasteiger partial charge in [0.1, 0.15) is 18.9 Å². The smallest absolute Gasteiger partial charge is 0.406 e. The second-order valence-corrected chi connectivity index (χ2v) is 3.77. The van der Waals surface area contributed by atoms with Gasteiger partial charge in [0.2, 0.25) is 0 Å². The molecule has 0 aliphatic rings. The van der Waals surface area contributed by atoms with Crippen molar-refractivity contribution >= 4 is 17.7 Å². The molecule has 0 bridgehead atoms. The van der Waals surface area contributed by atoms with E-state index in [0.29, 0.717) is 0 Å². The number of amides is 2. The highest BCUT2D eigenvalue weighted by Crippen LogP contribution is 2.18. The molecule has 110 valence electrons. The molecule has 0 saturated heterocycles. The summed E-state index contributed by atoms with van der Waals surface area (Å²) < 4.78 is 50.0. The van der Waals surface area contributed by atoms with Crippen LogP contribution in [0.1, 0.15) is 0 Å². The molecule has 0 saturated carbocycles. The summed E-state index contributed by atoms with van der Waals surface area (Å²) in [5, 5.41) is 10.4. The molecule has 1 aromatic carbocycles. The van der Waals surface area contributed by atoms with Gasteiger partial charge >= 0.3 is 18.2 Å². The standard InChI is InChI=1S/C11H10F4N2O3/c12-7-3-1-2-4-8(7)16-10(20)17(5-9(18)19)6-11(13,14)15/h1-4H,5-6H2,(H,16,20)(H,18,19). The zero-order valence-corrected chi connectivity index (χ0v) is 9.95. The number of halogens is 4. The van der Waals surface area contributed by atoms with Crippen molar-refractivity contribution < 1.29 is 32.3 Å². The number of carbonyl (C=O) groups is 2. The molecule has 0 aliphatic heterocycles. The minimum atomic E-state index is -4.76. The number of carboxylic acid groups (broad SMARTS) is 1. The third kappa shape index (κ3) is 5.12. The quantitative estimate of drug-likeness (QED) is 0.837. The number of nitrogens with zero attached hydrogens (tertiary/aromatic N) is 1. The Kier molecular flexibility index (Phi) is 4.89. The molecule has 0 heterocycles. The minimum absolute atomic E-state index is 0.0226. The van der Waals surface area contributed by atoms with Crippen LogP contribution in [0, 0.1) is 5.82 Å². The Bertz CT molecular complexity index is 505. The number of carbonyl (C=O) groups excluding carboxylic acids is 1. The first-order valence-electron chi connectivity index (χ1n) is 5.28. The normalized spacial score (nSPS) is 11.0. The number of urea groups is 1. The number of nitrogens with one attached hydrogen (secondary N) is 1. The number of aliphatic carboxylic acids is 1. The zero-order valence-electron chi connectivity index (χ0n) is 9.95. The Balaban J connectivity index is 2.83. The van der Waals surface area contributed by atoms with Gasteiger partial charge in [0.05, 0.1) is 5.69 Å². The van der Waals surface area contributed by atoms with Gasteiger partial charge in [-0.25, -0.2) is 9.18 Å². The molecule has 0 aromatic heterocycles. The predicted octanol–water partition coefficient (Wildman–Crippen LogP) is 2.31. The Labute approximate surface area is 110 Å². The number of para-hydroxylation sites is 1. The van der Waals surface area contributed by atoms with Crippen molar-refractivity contribution in [1.82, 2.24) is 4.90 Å². The summed E-state index contributed by atoms with van der Waals surface area (Å²) in [7, 11) is 0. The van der Waals surface area contributed by atoms with Crippen molar-refractivity contribution in [1.29, 1.82) is 0 Å². The summed E-state index contributed by atoms with van der Waals surface area (Å²) in [6.45, 7) is -2.90. The summed E-state index contributed by atoms with van der Waals surface area (Å²) in [5.74, 6) is -2.46. The second kappa shape index (κ2) is 6.22. The highest BCUT2D eigenvalue weighted by Gasteiger charge is 2.34. The number of carboxylic acids is 1. The zero-order chi connectivity index (χ0) is 15.3. The predicted molar refractivity (Wildman–Crippen MR) is 60.7 cm³/mol. The van der Waals surface area contributed by atoms with Crippen molar-refractivity contribution in [3.8, 4) is 0 Å². The molecule has 20 heavy (non-hydrogen) atoms. The van der Waals surface area contributed by atoms with Crippen LogP contribution in [0.4, 0.5) is 28.0 Å². The van der Waals surface area contributed by atoms with Crippen molar-refractivity contribution in [2.24, 2.45) is 0 Å². The Morgan fingerprint density at radius 3 is 2.35 bits per heavy atom. The maximum Gasteiger partial charge on any atom is 0.406 e. The fourth-order valence-corrected chi connectivity index (χ4v) is 1.34. The van der Waals surface area contributed by atoms with Gasteiger partial charge in [-0.15, -0.1) is 0 Å². The number of hydrogen-bond donors (Lipinski definition) is 2. The summed E-state index contributed by atoms with van der Waals surface area (Å²) in [4.78, 5) is 22.0. The molecule has 5 nitrogen and oxygen atoms in total. The molecule has 2 amide bonds. The lowest BCUT2D eigenvalue weighted by Gasteiger charge is -2.22. The fourth-order valence-electron chi connectivity index (χ4n) is 1.34. The van der Waals surface area contributed by atoms with E-state index < -0.39 is 37.1 Å². The maximum atomic E-state index is 13.2. The van der Waals surface area contributed by atoms with Gasteiger partial charge in [0, 0.05) is 0 Å². The van der Waals surface area contributed by atoms with Gasteiger partial charge in [-0.3, -0.25) is 4.79 Å². The van der Waals surface area contributed by atoms with Crippen LogP contribution in [0.15, 0.2) is 24.3 Å². The molecular formula is C11H10F4N2O3. The van der Waals surface area contributed by atoms with E-state index in [1.807, 2.05) is 5.32 Å². The van der Waals surface area contributed by atoms with E-state index in [1.54, 1.807) is 0 Å². The van der Waals surface area contributed by atoms with Gasteiger partial charge in [-0.1, -0.05) is 12.1 Å². The third-order valence-electron chi connectivity index (χ3n) is 2.10. The fraction of sp³-hybridized carbons (Fsp3) is 0.273. The molecule has 1 aromatic rings. The van der Waals surface area contributed by atoms with Crippen LogP contribution in [-0.4, -0.2) is 41.3 Å². The molecular weight excluding hydrogens is 284 g/mol. The van der Waals surface area contributed by atoms with Crippen LogP contribution in [0.25, 0.3) is 0 Å². The van der Waals surface area contributed by atoms with Gasteiger partial charge in [0.15, 0.2) is 0 Å². The van der Waals surface area contributed by atoms with Gasteiger partial charge in [-0.2, -0.15) is 13.2 Å². The number of rotatable bonds is 4. The van der Waals surface area contributed by atoms with Crippen LogP contribution in [0.2, 0.25) is 0 Å². The van der Waals surface area contributed by atoms with Crippen LogP contribution >= 0.6 is 0 Å². The van der Waals surface area contributed by atoms with Crippen LogP contribution in [-0.2, 0) is 4.79 Å². The minimum Gasteiger partial charge on any atom is -0.480 e. The van der Waals surface area contributed by atoms with Crippen LogP contribution in [0.5, 0.6) is 0 Å². The molecule has 0 fully saturated rings. The van der Waals surface area contributed by atoms with Crippen molar-refractivity contribution in [2.75, 3.05) is 18.4 Å². The highest BCUT2D eigenvalue weighted by atomic mass is 19.4. The topological polar surface area (TPSA) is 69.6 Å². The van der Waals surface area contributed by atoms with E-state index in [2.05, 4.69) is 0 Å². The Morgan fingerprint density at radius 2 is 1.85 bits per heavy atom. The molecule has 0 spiro atoms. The van der Waals surface area contributed by atoms with E-state index >= 15 is 0 Å². The van der Waals surface area contributed by atoms with Crippen molar-refractivity contribution in [3.63, 3.8) is 0 Å². The summed E-state index contributed by atoms with van der Waals surface area (Å²) in [5.41, 5.74) is -0.338. The Morgan fingerprint density at radius 1 is 1.25 bits per heavy atom. The van der Waals surface area contributed by atoms with E-state index in [0.717, 1.165) is 12.1 Å². The van der Waals surface area contributed by atoms with Gasteiger partial charge in [-0.05, 0) is 12.1 Å². The summed E-state index contributed by atoms with van der Waals surface area (Å²) in [6, 6.07) is 3.48. The largest absolute Gasteiger partial charge is 0.480 e. The number of alkyl halides is 3. The average Bonchev–Trinajstić information content (AvgIpc) is 2.28. The van der Waals surface area contributed by atoms with Gasteiger partial charge in [0.25, 0.3) is 0 Å². The summed E-state index contributed by atoms with van der Waals surface area (Å²) in [6.07, 6.45) is -4.76. The first-order chi connectivity index (χ1) is 9.19. The maximum absolute atomic E-state index is 13.2. The first kappa shape index (κ1) is 15.7. The highest BCUT2D eigenvalue weighted by molar-refractivity contribution is 5.91. The van der Waals surface area contributed by atoms with E-state index in [1.165, 1.54) is 12.1 Å². The van der Waals surface area contributed by atoms with Gasteiger partial charge < -0.3 is 15.3 Å². The molecule has 1 rings (SSSR count). The lowest BCUT2D eigenvalue weighted by Crippen LogP contribution is -2.44. The first-order valence-corrected chi connectivity index (χ1v) is 5.28. The van der Waals surface area contributed by atoms with E-state index in [-0.39, 0.29) is 10.6 Å². The molecule has 9 heteroatoms. The monoisotopic (exact) mass is 294 g/mol. The molecule has 2 N–H and O–H groups in total. The van der Waals surface area contributed by atoms with Crippen LogP contribution < -0.4 is 5.32 Å². The molecule has 0 aliphatic carbocycles. The SMILES string of the molecule is O=C(O)CN(CC(F)(F)F)C(=O)Nc1ccccc1F. The number of hydrogen-bond acceptors (Lipinski definition) is 2. The van der Waals surface area contributed by atoms with Crippen molar-refractivity contribution in [2.45, 2.75) is 6.18 Å². The Hall–Kier alpha value is -2.32. The van der Waals surface area contributed by atoms with E-state index in [9.17, 15) is 27.2 Å². The second-order valence-electron chi connectivity index (χ2n) is 3.77. The molecule has 0 atom stereocenters. The number of anilines is 1. The third-order valence-corrected chi connectivity index (χ3v) is 2.10. The molecule has 0 radical (unpaired) electrons. The molecule has 0 unspecified atom stereocenters.